The summed E-state index contributed by atoms with van der Waals surface area (Å²) in [5.74, 6) is -1.86. The number of thiazole rings is 1. The number of esters is 1. The van der Waals surface area contributed by atoms with Crippen LogP contribution in [0.15, 0.2) is 52.9 Å². The zero-order valence-corrected chi connectivity index (χ0v) is 16.0. The zero-order chi connectivity index (χ0) is 19.4. The van der Waals surface area contributed by atoms with Crippen molar-refractivity contribution in [3.05, 3.63) is 54.1 Å². The number of sulfone groups is 1. The monoisotopic (exact) mass is 404 g/mol. The van der Waals surface area contributed by atoms with Crippen molar-refractivity contribution in [3.63, 3.8) is 0 Å². The smallest absolute Gasteiger partial charge is 0.338 e. The van der Waals surface area contributed by atoms with Gasteiger partial charge in [0.05, 0.1) is 22.4 Å². The second kappa shape index (κ2) is 7.85. The second-order valence-electron chi connectivity index (χ2n) is 5.55. The number of hydrogen-bond donors (Lipinski definition) is 1. The number of carbonyl (C=O) groups is 2. The molecule has 0 radical (unpaired) electrons. The number of nitrogens with one attached hydrogen (secondary N) is 1. The number of anilines is 1. The third-order valence-corrected chi connectivity index (χ3v) is 6.65. The first-order valence-corrected chi connectivity index (χ1v) is 10.5. The minimum absolute atomic E-state index is 0.0866. The molecule has 0 saturated carbocycles. The quantitative estimate of drug-likeness (QED) is 0.634. The van der Waals surface area contributed by atoms with Crippen molar-refractivity contribution in [2.45, 2.75) is 11.3 Å². The normalized spacial score (nSPS) is 11.3. The van der Waals surface area contributed by atoms with Gasteiger partial charge in [0, 0.05) is 5.69 Å². The summed E-state index contributed by atoms with van der Waals surface area (Å²) < 4.78 is 30.4. The van der Waals surface area contributed by atoms with Crippen molar-refractivity contribution in [2.75, 3.05) is 17.7 Å². The van der Waals surface area contributed by atoms with Crippen LogP contribution in [0, 0.1) is 0 Å². The van der Waals surface area contributed by atoms with E-state index in [2.05, 4.69) is 10.3 Å². The number of benzene rings is 2. The van der Waals surface area contributed by atoms with Crippen molar-refractivity contribution in [2.24, 2.45) is 0 Å². The molecular weight excluding hydrogens is 388 g/mol. The highest BCUT2D eigenvalue weighted by Crippen LogP contribution is 2.25. The van der Waals surface area contributed by atoms with Crippen LogP contribution in [-0.4, -0.2) is 37.6 Å². The Kier molecular flexibility index (Phi) is 5.52. The number of aromatic nitrogens is 1. The molecule has 2 aromatic carbocycles. The van der Waals surface area contributed by atoms with Crippen molar-refractivity contribution in [1.29, 1.82) is 0 Å². The van der Waals surface area contributed by atoms with E-state index >= 15 is 0 Å². The molecule has 0 aliphatic carbocycles. The first kappa shape index (κ1) is 19.0. The van der Waals surface area contributed by atoms with E-state index in [-0.39, 0.29) is 10.9 Å². The van der Waals surface area contributed by atoms with Crippen molar-refractivity contribution in [3.8, 4) is 0 Å². The number of rotatable bonds is 6. The van der Waals surface area contributed by atoms with Crippen molar-refractivity contribution < 1.29 is 22.7 Å². The lowest BCUT2D eigenvalue weighted by atomic mass is 10.2. The lowest BCUT2D eigenvalue weighted by molar-refractivity contribution is -0.113. The molecule has 1 heterocycles. The van der Waals surface area contributed by atoms with E-state index in [4.69, 9.17) is 4.74 Å². The topological polar surface area (TPSA) is 102 Å². The summed E-state index contributed by atoms with van der Waals surface area (Å²) >= 11 is 1.03. The summed E-state index contributed by atoms with van der Waals surface area (Å²) in [7, 11) is -3.85. The van der Waals surface area contributed by atoms with Crippen LogP contribution < -0.4 is 5.32 Å². The minimum atomic E-state index is -3.85. The summed E-state index contributed by atoms with van der Waals surface area (Å²) in [5.41, 5.74) is 1.31. The van der Waals surface area contributed by atoms with Gasteiger partial charge in [-0.1, -0.05) is 12.1 Å². The molecule has 0 spiro atoms. The summed E-state index contributed by atoms with van der Waals surface area (Å²) in [6, 6.07) is 13.1. The molecule has 7 nitrogen and oxygen atoms in total. The van der Waals surface area contributed by atoms with E-state index in [1.807, 2.05) is 0 Å². The predicted molar refractivity (Wildman–Crippen MR) is 103 cm³/mol. The Morgan fingerprint density at radius 3 is 2.48 bits per heavy atom. The molecule has 1 aromatic heterocycles. The van der Waals surface area contributed by atoms with Gasteiger partial charge >= 0.3 is 5.97 Å². The number of nitrogens with zero attached hydrogens (tertiary/aromatic N) is 1. The highest BCUT2D eigenvalue weighted by Gasteiger charge is 2.23. The van der Waals surface area contributed by atoms with E-state index in [0.29, 0.717) is 16.8 Å². The molecule has 0 saturated heterocycles. The van der Waals surface area contributed by atoms with Gasteiger partial charge in [0.1, 0.15) is 5.75 Å². The summed E-state index contributed by atoms with van der Waals surface area (Å²) in [6.45, 7) is 1.97. The predicted octanol–water partition coefficient (Wildman–Crippen LogP) is 2.89. The fourth-order valence-electron chi connectivity index (χ4n) is 2.32. The highest BCUT2D eigenvalue weighted by atomic mass is 32.2. The Labute approximate surface area is 159 Å². The molecule has 1 amide bonds. The molecule has 1 N–H and O–H groups in total. The maximum absolute atomic E-state index is 12.4. The van der Waals surface area contributed by atoms with Crippen molar-refractivity contribution in [1.82, 2.24) is 4.98 Å². The lowest BCUT2D eigenvalue weighted by Crippen LogP contribution is -2.23. The standard InChI is InChI=1S/C18H16N2O5S2/c1-2-25-17(22)12-7-9-13(10-8-12)19-16(21)11-27(23,24)18-20-14-5-3-4-6-15(14)26-18/h3-10H,2,11H2,1H3,(H,19,21). The van der Waals surface area contributed by atoms with Gasteiger partial charge in [0.25, 0.3) is 0 Å². The molecule has 0 aliphatic rings. The SMILES string of the molecule is CCOC(=O)c1ccc(NC(=O)CS(=O)(=O)c2nc3ccccc3s2)cc1. The molecule has 140 valence electrons. The van der Waals surface area contributed by atoms with Crippen LogP contribution in [0.1, 0.15) is 17.3 Å². The largest absolute Gasteiger partial charge is 0.462 e. The van der Waals surface area contributed by atoms with Crippen LogP contribution in [0.5, 0.6) is 0 Å². The van der Waals surface area contributed by atoms with Gasteiger partial charge < -0.3 is 10.1 Å². The van der Waals surface area contributed by atoms with Crippen LogP contribution in [0.25, 0.3) is 10.2 Å². The first-order chi connectivity index (χ1) is 12.9. The van der Waals surface area contributed by atoms with E-state index in [0.717, 1.165) is 16.0 Å². The van der Waals surface area contributed by atoms with E-state index in [9.17, 15) is 18.0 Å². The number of carbonyl (C=O) groups excluding carboxylic acids is 2. The van der Waals surface area contributed by atoms with Gasteiger partial charge in [-0.05, 0) is 43.3 Å². The van der Waals surface area contributed by atoms with Crippen LogP contribution in [0.4, 0.5) is 5.69 Å². The first-order valence-electron chi connectivity index (χ1n) is 8.04. The number of para-hydroxylation sites is 1. The molecule has 27 heavy (non-hydrogen) atoms. The van der Waals surface area contributed by atoms with Gasteiger partial charge in [-0.2, -0.15) is 0 Å². The maximum Gasteiger partial charge on any atom is 0.338 e. The van der Waals surface area contributed by atoms with Crippen molar-refractivity contribution >= 4 is 49.0 Å². The van der Waals surface area contributed by atoms with E-state index < -0.39 is 27.5 Å². The Morgan fingerprint density at radius 1 is 1.11 bits per heavy atom. The highest BCUT2D eigenvalue weighted by molar-refractivity contribution is 7.94. The Morgan fingerprint density at radius 2 is 1.81 bits per heavy atom. The van der Waals surface area contributed by atoms with Crippen LogP contribution in [0.3, 0.4) is 0 Å². The van der Waals surface area contributed by atoms with E-state index in [1.54, 1.807) is 31.2 Å². The molecular formula is C18H16N2O5S2. The van der Waals surface area contributed by atoms with Gasteiger partial charge in [-0.3, -0.25) is 4.79 Å². The minimum Gasteiger partial charge on any atom is -0.462 e. The molecule has 9 heteroatoms. The molecule has 3 aromatic rings. The molecule has 0 unspecified atom stereocenters. The third kappa shape index (κ3) is 4.50. The Balaban J connectivity index is 1.68. The van der Waals surface area contributed by atoms with Crippen LogP contribution >= 0.6 is 11.3 Å². The zero-order valence-electron chi connectivity index (χ0n) is 14.3. The average Bonchev–Trinajstić information content (AvgIpc) is 3.07. The number of amides is 1. The number of ether oxygens (including phenoxy) is 1. The van der Waals surface area contributed by atoms with Crippen LogP contribution in [0.2, 0.25) is 0 Å². The maximum atomic E-state index is 12.4. The van der Waals surface area contributed by atoms with Crippen LogP contribution in [-0.2, 0) is 19.4 Å². The lowest BCUT2D eigenvalue weighted by Gasteiger charge is -2.06. The third-order valence-electron chi connectivity index (χ3n) is 3.54. The second-order valence-corrected chi connectivity index (χ2v) is 8.75. The number of hydrogen-bond acceptors (Lipinski definition) is 7. The summed E-state index contributed by atoms with van der Waals surface area (Å²) in [5, 5.41) is 2.51. The molecule has 0 fully saturated rings. The van der Waals surface area contributed by atoms with Gasteiger partial charge in [0.2, 0.25) is 20.1 Å². The van der Waals surface area contributed by atoms with Gasteiger partial charge in [-0.15, -0.1) is 11.3 Å². The Hall–Kier alpha value is -2.78. The molecule has 3 rings (SSSR count). The average molecular weight is 404 g/mol. The molecule has 0 bridgehead atoms. The number of fused-ring (bicyclic) bond motifs is 1. The fourth-order valence-corrected chi connectivity index (χ4v) is 4.75. The van der Waals surface area contributed by atoms with Gasteiger partial charge in [-0.25, -0.2) is 18.2 Å². The van der Waals surface area contributed by atoms with Gasteiger partial charge in [0.15, 0.2) is 0 Å². The molecule has 0 atom stereocenters. The van der Waals surface area contributed by atoms with E-state index in [1.165, 1.54) is 24.3 Å². The molecule has 0 aliphatic heterocycles. The fraction of sp³-hybridized carbons (Fsp3) is 0.167. The summed E-state index contributed by atoms with van der Waals surface area (Å²) in [4.78, 5) is 27.8. The summed E-state index contributed by atoms with van der Waals surface area (Å²) in [6.07, 6.45) is 0. The Bertz CT molecular complexity index is 1060.